The maximum atomic E-state index is 12.0. The van der Waals surface area contributed by atoms with Crippen LogP contribution in [0.2, 0.25) is 0 Å². The molecule has 0 atom stereocenters. The maximum absolute atomic E-state index is 12.0. The van der Waals surface area contributed by atoms with Gasteiger partial charge in [-0.05, 0) is 18.2 Å². The number of thiazole rings is 1. The number of anilines is 1. The molecule has 0 bridgehead atoms. The Kier molecular flexibility index (Phi) is 3.61. The van der Waals surface area contributed by atoms with E-state index in [1.165, 1.54) is 0 Å². The van der Waals surface area contributed by atoms with Crippen molar-refractivity contribution in [3.8, 4) is 11.5 Å². The predicted molar refractivity (Wildman–Crippen MR) is 89.1 cm³/mol. The standard InChI is InChI=1S/C16H16N4O3S/c21-14(22)16(4-8-19(9-5-16)15-17-6-11-24-15)20-7-3-12(18-20)13-2-1-10-23-13/h1-3,6-7,10-11H,4-5,8-9H2,(H,21,22). The molecule has 24 heavy (non-hydrogen) atoms. The highest BCUT2D eigenvalue weighted by Crippen LogP contribution is 2.34. The third-order valence-electron chi connectivity index (χ3n) is 4.48. The largest absolute Gasteiger partial charge is 0.479 e. The minimum absolute atomic E-state index is 0.473. The summed E-state index contributed by atoms with van der Waals surface area (Å²) in [5, 5.41) is 17.2. The first-order valence-corrected chi connectivity index (χ1v) is 8.55. The van der Waals surface area contributed by atoms with Gasteiger partial charge in [0.25, 0.3) is 0 Å². The van der Waals surface area contributed by atoms with Crippen molar-refractivity contribution in [2.75, 3.05) is 18.0 Å². The summed E-state index contributed by atoms with van der Waals surface area (Å²) in [5.74, 6) is -0.218. The molecular weight excluding hydrogens is 328 g/mol. The minimum Gasteiger partial charge on any atom is -0.479 e. The molecule has 3 aromatic rings. The van der Waals surface area contributed by atoms with Gasteiger partial charge in [0, 0.05) is 43.7 Å². The van der Waals surface area contributed by atoms with E-state index in [1.54, 1.807) is 46.8 Å². The Morgan fingerprint density at radius 3 is 2.79 bits per heavy atom. The molecule has 4 rings (SSSR count). The number of carboxylic acids is 1. The van der Waals surface area contributed by atoms with Crippen LogP contribution < -0.4 is 4.90 Å². The van der Waals surface area contributed by atoms with Crippen molar-refractivity contribution >= 4 is 22.4 Å². The van der Waals surface area contributed by atoms with Gasteiger partial charge in [-0.25, -0.2) is 9.78 Å². The molecule has 1 N–H and O–H groups in total. The third-order valence-corrected chi connectivity index (χ3v) is 5.31. The molecule has 124 valence electrons. The summed E-state index contributed by atoms with van der Waals surface area (Å²) in [5.41, 5.74) is -0.388. The van der Waals surface area contributed by atoms with Crippen molar-refractivity contribution < 1.29 is 14.3 Å². The van der Waals surface area contributed by atoms with Gasteiger partial charge >= 0.3 is 5.97 Å². The second-order valence-corrected chi connectivity index (χ2v) is 6.63. The smallest absolute Gasteiger partial charge is 0.331 e. The highest BCUT2D eigenvalue weighted by atomic mass is 32.1. The quantitative estimate of drug-likeness (QED) is 0.783. The Morgan fingerprint density at radius 1 is 1.33 bits per heavy atom. The van der Waals surface area contributed by atoms with Gasteiger partial charge in [-0.3, -0.25) is 4.68 Å². The molecular formula is C16H16N4O3S. The summed E-state index contributed by atoms with van der Waals surface area (Å²) in [6.45, 7) is 1.27. The van der Waals surface area contributed by atoms with Crippen LogP contribution in [0.3, 0.4) is 0 Å². The van der Waals surface area contributed by atoms with Gasteiger partial charge in [-0.1, -0.05) is 0 Å². The zero-order chi connectivity index (χ0) is 16.6. The summed E-state index contributed by atoms with van der Waals surface area (Å²) >= 11 is 1.57. The zero-order valence-corrected chi connectivity index (χ0v) is 13.6. The maximum Gasteiger partial charge on any atom is 0.331 e. The lowest BCUT2D eigenvalue weighted by Gasteiger charge is -2.38. The number of aromatic nitrogens is 3. The van der Waals surface area contributed by atoms with E-state index in [0.29, 0.717) is 37.4 Å². The summed E-state index contributed by atoms with van der Waals surface area (Å²) in [6.07, 6.45) is 6.02. The van der Waals surface area contributed by atoms with E-state index in [1.807, 2.05) is 11.4 Å². The van der Waals surface area contributed by atoms with Crippen molar-refractivity contribution in [2.45, 2.75) is 18.4 Å². The van der Waals surface area contributed by atoms with E-state index < -0.39 is 11.5 Å². The lowest BCUT2D eigenvalue weighted by Crippen LogP contribution is -2.51. The number of carboxylic acid groups (broad SMARTS) is 1. The normalized spacial score (nSPS) is 17.1. The predicted octanol–water partition coefficient (Wildman–Crippen LogP) is 2.68. The molecule has 0 radical (unpaired) electrons. The van der Waals surface area contributed by atoms with Crippen LogP contribution >= 0.6 is 11.3 Å². The molecule has 0 unspecified atom stereocenters. The van der Waals surface area contributed by atoms with Gasteiger partial charge in [0.2, 0.25) is 0 Å². The molecule has 0 aliphatic carbocycles. The molecule has 7 nitrogen and oxygen atoms in total. The van der Waals surface area contributed by atoms with Crippen LogP contribution in [-0.4, -0.2) is 38.9 Å². The van der Waals surface area contributed by atoms with E-state index >= 15 is 0 Å². The number of rotatable bonds is 4. The van der Waals surface area contributed by atoms with Crippen LogP contribution in [0, 0.1) is 0 Å². The van der Waals surface area contributed by atoms with E-state index in [0.717, 1.165) is 5.13 Å². The zero-order valence-electron chi connectivity index (χ0n) is 12.8. The van der Waals surface area contributed by atoms with Gasteiger partial charge in [0.15, 0.2) is 16.4 Å². The first-order valence-electron chi connectivity index (χ1n) is 7.67. The second kappa shape index (κ2) is 5.79. The van der Waals surface area contributed by atoms with Crippen LogP contribution in [0.25, 0.3) is 11.5 Å². The average Bonchev–Trinajstić information content (AvgIpc) is 3.35. The van der Waals surface area contributed by atoms with E-state index in [4.69, 9.17) is 4.42 Å². The lowest BCUT2D eigenvalue weighted by molar-refractivity contribution is -0.149. The van der Waals surface area contributed by atoms with Gasteiger partial charge in [-0.2, -0.15) is 5.10 Å². The third kappa shape index (κ3) is 2.39. The molecule has 0 aromatic carbocycles. The van der Waals surface area contributed by atoms with Crippen LogP contribution in [0.15, 0.2) is 46.7 Å². The number of aliphatic carboxylic acids is 1. The lowest BCUT2D eigenvalue weighted by atomic mass is 9.88. The molecule has 0 saturated carbocycles. The van der Waals surface area contributed by atoms with Crippen molar-refractivity contribution in [1.82, 2.24) is 14.8 Å². The second-order valence-electron chi connectivity index (χ2n) is 5.76. The highest BCUT2D eigenvalue weighted by molar-refractivity contribution is 7.13. The monoisotopic (exact) mass is 344 g/mol. The molecule has 0 amide bonds. The fourth-order valence-corrected chi connectivity index (χ4v) is 3.80. The van der Waals surface area contributed by atoms with Gasteiger partial charge < -0.3 is 14.4 Å². The Balaban J connectivity index is 1.60. The fourth-order valence-electron chi connectivity index (χ4n) is 3.10. The molecule has 1 aliphatic heterocycles. The van der Waals surface area contributed by atoms with E-state index in [2.05, 4.69) is 15.0 Å². The number of carbonyl (C=O) groups is 1. The minimum atomic E-state index is -1.03. The number of hydrogen-bond donors (Lipinski definition) is 1. The first-order chi connectivity index (χ1) is 11.7. The van der Waals surface area contributed by atoms with Crippen LogP contribution in [0.4, 0.5) is 5.13 Å². The molecule has 3 aromatic heterocycles. The number of piperidine rings is 1. The number of furan rings is 1. The van der Waals surface area contributed by atoms with Crippen LogP contribution in [0.1, 0.15) is 12.8 Å². The molecule has 4 heterocycles. The summed E-state index contributed by atoms with van der Waals surface area (Å²) in [4.78, 5) is 18.5. The summed E-state index contributed by atoms with van der Waals surface area (Å²) in [6, 6.07) is 5.38. The van der Waals surface area contributed by atoms with Crippen molar-refractivity contribution in [1.29, 1.82) is 0 Å². The SMILES string of the molecule is O=C(O)C1(n2ccc(-c3ccco3)n2)CCN(c2nccs2)CC1. The number of nitrogens with zero attached hydrogens (tertiary/aromatic N) is 4. The summed E-state index contributed by atoms with van der Waals surface area (Å²) in [7, 11) is 0. The van der Waals surface area contributed by atoms with Crippen molar-refractivity contribution in [2.24, 2.45) is 0 Å². The van der Waals surface area contributed by atoms with Gasteiger partial charge in [-0.15, -0.1) is 11.3 Å². The van der Waals surface area contributed by atoms with Crippen LogP contribution in [0.5, 0.6) is 0 Å². The topological polar surface area (TPSA) is 84.4 Å². The van der Waals surface area contributed by atoms with Crippen molar-refractivity contribution in [3.63, 3.8) is 0 Å². The van der Waals surface area contributed by atoms with Gasteiger partial charge in [0.1, 0.15) is 5.69 Å². The Hall–Kier alpha value is -2.61. The Labute approximate surface area is 142 Å². The Bertz CT molecular complexity index is 818. The molecule has 1 fully saturated rings. The molecule has 0 spiro atoms. The van der Waals surface area contributed by atoms with Gasteiger partial charge in [0.05, 0.1) is 6.26 Å². The fraction of sp³-hybridized carbons (Fsp3) is 0.312. The molecule has 1 aliphatic rings. The highest BCUT2D eigenvalue weighted by Gasteiger charge is 2.44. The molecule has 8 heteroatoms. The van der Waals surface area contributed by atoms with E-state index in [-0.39, 0.29) is 0 Å². The van der Waals surface area contributed by atoms with Crippen LogP contribution in [-0.2, 0) is 10.3 Å². The summed E-state index contributed by atoms with van der Waals surface area (Å²) < 4.78 is 6.92. The first kappa shape index (κ1) is 14.9. The average molecular weight is 344 g/mol. The number of hydrogen-bond acceptors (Lipinski definition) is 6. The molecule has 1 saturated heterocycles. The van der Waals surface area contributed by atoms with Crippen molar-refractivity contribution in [3.05, 3.63) is 42.2 Å². The Morgan fingerprint density at radius 2 is 2.17 bits per heavy atom. The van der Waals surface area contributed by atoms with E-state index in [9.17, 15) is 9.90 Å².